The second-order valence-electron chi connectivity index (χ2n) is 16.3. The number of aliphatic carboxylic acids is 1. The van der Waals surface area contributed by atoms with E-state index in [9.17, 15) is 19.2 Å². The highest BCUT2D eigenvalue weighted by Gasteiger charge is 2.21. The van der Waals surface area contributed by atoms with Gasteiger partial charge in [0.1, 0.15) is 71.8 Å². The maximum Gasteiger partial charge on any atom is 0.304 e. The Morgan fingerprint density at radius 1 is 0.600 bits per heavy atom. The number of carbonyl (C=O) groups excluding carboxylic acids is 3. The van der Waals surface area contributed by atoms with Gasteiger partial charge in [0.15, 0.2) is 0 Å². The first kappa shape index (κ1) is 56.4. The number of carboxylic acids is 1. The monoisotopic (exact) mass is 1070 g/mol. The number of ether oxygens (including phenoxy) is 4. The van der Waals surface area contributed by atoms with E-state index in [4.69, 9.17) is 64.6 Å². The van der Waals surface area contributed by atoms with Crippen molar-refractivity contribution >= 4 is 81.5 Å². The molecule has 2 aliphatic rings. The number of hydrogen-bond acceptors (Lipinski definition) is 19. The van der Waals surface area contributed by atoms with Crippen LogP contribution in [0.5, 0.6) is 11.5 Å². The highest BCUT2D eigenvalue weighted by molar-refractivity contribution is 6.32. The van der Waals surface area contributed by atoms with E-state index >= 15 is 0 Å². The molecule has 4 heterocycles. The van der Waals surface area contributed by atoms with Crippen LogP contribution in [0.2, 0.25) is 10.0 Å². The molecule has 3 amide bonds. The van der Waals surface area contributed by atoms with Crippen LogP contribution >= 0.6 is 23.2 Å². The third kappa shape index (κ3) is 18.5. The van der Waals surface area contributed by atoms with E-state index in [-0.39, 0.29) is 53.1 Å². The molecule has 0 atom stereocenters. The third-order valence-electron chi connectivity index (χ3n) is 11.0. The van der Waals surface area contributed by atoms with Crippen molar-refractivity contribution in [3.8, 4) is 11.5 Å². The summed E-state index contributed by atoms with van der Waals surface area (Å²) in [5.74, 6) is 4.23. The van der Waals surface area contributed by atoms with Crippen molar-refractivity contribution in [2.24, 2.45) is 5.84 Å². The summed E-state index contributed by atoms with van der Waals surface area (Å²) in [5.41, 5.74) is 21.7. The molecule has 23 nitrogen and oxygen atoms in total. The lowest BCUT2D eigenvalue weighted by atomic mass is 10.2. The number of nitrogens with two attached hydrogens (primary N) is 3. The summed E-state index contributed by atoms with van der Waals surface area (Å²) in [7, 11) is 0. The van der Waals surface area contributed by atoms with Crippen molar-refractivity contribution < 1.29 is 43.2 Å². The number of hydrazine groups is 2. The molecule has 396 valence electrons. The third-order valence-corrected chi connectivity index (χ3v) is 11.6. The number of benzene rings is 4. The van der Waals surface area contributed by atoms with Gasteiger partial charge in [0.2, 0.25) is 5.91 Å². The first-order valence-electron chi connectivity index (χ1n) is 23.5. The predicted octanol–water partition coefficient (Wildman–Crippen LogP) is 4.95. The maximum absolute atomic E-state index is 12.8. The zero-order chi connectivity index (χ0) is 53.4. The van der Waals surface area contributed by atoms with Gasteiger partial charge in [0.25, 0.3) is 11.8 Å². The first-order valence-corrected chi connectivity index (χ1v) is 24.2. The molecule has 2 aromatic heterocycles. The van der Waals surface area contributed by atoms with Crippen LogP contribution in [0.3, 0.4) is 0 Å². The van der Waals surface area contributed by atoms with Gasteiger partial charge >= 0.3 is 5.97 Å². The van der Waals surface area contributed by atoms with E-state index in [2.05, 4.69) is 51.2 Å². The Hall–Kier alpha value is -7.90. The summed E-state index contributed by atoms with van der Waals surface area (Å²) in [4.78, 5) is 67.2. The van der Waals surface area contributed by atoms with Crippen molar-refractivity contribution in [1.82, 2.24) is 46.0 Å². The Morgan fingerprint density at radius 2 is 1.04 bits per heavy atom. The number of carbonyl (C=O) groups is 4. The number of halogens is 2. The van der Waals surface area contributed by atoms with Crippen LogP contribution in [0.25, 0.3) is 0 Å². The van der Waals surface area contributed by atoms with Gasteiger partial charge < -0.3 is 46.2 Å². The molecule has 75 heavy (non-hydrogen) atoms. The SMILES string of the molecule is NNC(=O)c1c(N)ncnc1Nc1ccc(OCc2ccccc2)c(Cl)c1.Nc1ncnc(Nc2ccc(OCc3ccccc3)c(Cl)c2)c1C(=O)NNC(=O)CCN1CCOCC1.O=C(O)CCN1CCOCC1. The van der Waals surface area contributed by atoms with E-state index < -0.39 is 17.8 Å². The minimum atomic E-state index is -0.725. The second kappa shape index (κ2) is 29.7. The number of amides is 3. The van der Waals surface area contributed by atoms with Crippen LogP contribution in [0.4, 0.5) is 34.6 Å². The molecule has 12 N–H and O–H groups in total. The number of hydrogen-bond donors (Lipinski definition) is 9. The van der Waals surface area contributed by atoms with Crippen molar-refractivity contribution in [2.45, 2.75) is 26.1 Å². The van der Waals surface area contributed by atoms with E-state index in [1.807, 2.05) is 66.1 Å². The van der Waals surface area contributed by atoms with Crippen LogP contribution in [0.1, 0.15) is 44.7 Å². The zero-order valence-corrected chi connectivity index (χ0v) is 42.2. The van der Waals surface area contributed by atoms with E-state index in [0.29, 0.717) is 72.4 Å². The van der Waals surface area contributed by atoms with Crippen molar-refractivity contribution in [2.75, 3.05) is 87.8 Å². The molecule has 0 radical (unpaired) electrons. The molecule has 4 aromatic carbocycles. The van der Waals surface area contributed by atoms with Crippen molar-refractivity contribution in [1.29, 1.82) is 0 Å². The minimum Gasteiger partial charge on any atom is -0.487 e. The second-order valence-corrected chi connectivity index (χ2v) is 17.1. The van der Waals surface area contributed by atoms with E-state index in [1.165, 1.54) is 12.7 Å². The lowest BCUT2D eigenvalue weighted by Gasteiger charge is -2.26. The highest BCUT2D eigenvalue weighted by atomic mass is 35.5. The predicted molar refractivity (Wildman–Crippen MR) is 283 cm³/mol. The number of anilines is 6. The van der Waals surface area contributed by atoms with E-state index in [1.54, 1.807) is 36.4 Å². The number of aromatic nitrogens is 4. The molecule has 2 saturated heterocycles. The quantitative estimate of drug-likeness (QED) is 0.0312. The lowest BCUT2D eigenvalue weighted by molar-refractivity contribution is -0.137. The Bertz CT molecular complexity index is 2810. The summed E-state index contributed by atoms with van der Waals surface area (Å²) in [5, 5.41) is 15.2. The largest absolute Gasteiger partial charge is 0.487 e. The first-order chi connectivity index (χ1) is 36.4. The topological polar surface area (TPSA) is 322 Å². The fourth-order valence-electron chi connectivity index (χ4n) is 7.06. The summed E-state index contributed by atoms with van der Waals surface area (Å²) < 4.78 is 22.0. The smallest absolute Gasteiger partial charge is 0.304 e. The maximum atomic E-state index is 12.8. The van der Waals surface area contributed by atoms with Gasteiger partial charge in [-0.15, -0.1) is 0 Å². The van der Waals surface area contributed by atoms with Crippen LogP contribution in [-0.4, -0.2) is 124 Å². The number of carboxylic acid groups (broad SMARTS) is 1. The zero-order valence-electron chi connectivity index (χ0n) is 40.7. The van der Waals surface area contributed by atoms with Gasteiger partial charge in [-0.3, -0.25) is 45.3 Å². The number of nitrogen functional groups attached to an aromatic ring is 3. The summed E-state index contributed by atoms with van der Waals surface area (Å²) in [6.07, 6.45) is 2.93. The number of nitrogens with one attached hydrogen (secondary N) is 5. The molecular formula is C50H58Cl2N14O9. The average Bonchev–Trinajstić information content (AvgIpc) is 3.42. The molecule has 0 aliphatic carbocycles. The number of rotatable bonds is 18. The van der Waals surface area contributed by atoms with Gasteiger partial charge in [-0.1, -0.05) is 83.9 Å². The van der Waals surface area contributed by atoms with Crippen molar-refractivity contribution in [3.05, 3.63) is 142 Å². The van der Waals surface area contributed by atoms with Crippen LogP contribution in [-0.2, 0) is 32.3 Å². The van der Waals surface area contributed by atoms with Crippen molar-refractivity contribution in [3.63, 3.8) is 0 Å². The normalized spacial score (nSPS) is 13.3. The summed E-state index contributed by atoms with van der Waals surface area (Å²) in [6.45, 7) is 8.05. The highest BCUT2D eigenvalue weighted by Crippen LogP contribution is 2.32. The molecule has 0 unspecified atom stereocenters. The Balaban J connectivity index is 0.000000209. The van der Waals surface area contributed by atoms with Crippen LogP contribution in [0, 0.1) is 0 Å². The Labute approximate surface area is 442 Å². The van der Waals surface area contributed by atoms with Gasteiger partial charge in [-0.25, -0.2) is 25.8 Å². The molecular weight excluding hydrogens is 1010 g/mol. The molecule has 0 bridgehead atoms. The summed E-state index contributed by atoms with van der Waals surface area (Å²) >= 11 is 12.7. The van der Waals surface area contributed by atoms with Gasteiger partial charge in [0.05, 0.1) is 42.9 Å². The standard InChI is InChI=1S/C25H28ClN7O4.C18H17ClN6O2.C7H13NO3/c26-19-14-18(6-7-20(19)37-15-17-4-2-1-3-5-17)30-24-22(23(27)28-16-29-24)25(35)32-31-21(34)8-9-33-10-12-36-13-11-33;19-13-8-12(6-7-14(13)27-9-11-4-2-1-3-5-11)24-17-15(18(26)25-21)16(20)22-10-23-17;9-7(10)1-2-8-3-5-11-6-4-8/h1-7,14,16H,8-13,15H2,(H,31,34)(H,32,35)(H3,27,28,29,30);1-8,10H,9,21H2,(H,25,26)(H3,20,22,23,24);1-6H2,(H,9,10). The molecule has 0 spiro atoms. The molecule has 8 rings (SSSR count). The number of nitrogens with zero attached hydrogens (tertiary/aromatic N) is 6. The Morgan fingerprint density at radius 3 is 1.47 bits per heavy atom. The number of morpholine rings is 2. The van der Waals surface area contributed by atoms with Gasteiger partial charge in [-0.05, 0) is 47.5 Å². The average molecular weight is 1070 g/mol. The molecule has 0 saturated carbocycles. The summed E-state index contributed by atoms with van der Waals surface area (Å²) in [6, 6.07) is 29.7. The lowest BCUT2D eigenvalue weighted by Crippen LogP contribution is -2.44. The van der Waals surface area contributed by atoms with E-state index in [0.717, 1.165) is 50.5 Å². The van der Waals surface area contributed by atoms with Gasteiger partial charge in [0, 0.05) is 57.1 Å². The molecule has 2 aliphatic heterocycles. The van der Waals surface area contributed by atoms with Gasteiger partial charge in [-0.2, -0.15) is 0 Å². The fraction of sp³-hybridized carbons (Fsp3) is 0.280. The molecule has 6 aromatic rings. The minimum absolute atomic E-state index is 0.00404. The fourth-order valence-corrected chi connectivity index (χ4v) is 7.53. The Kier molecular flexibility index (Phi) is 22.3. The van der Waals surface area contributed by atoms with Crippen LogP contribution in [0.15, 0.2) is 110 Å². The molecule has 25 heteroatoms. The molecule has 2 fully saturated rings. The van der Waals surface area contributed by atoms with Crippen LogP contribution < -0.4 is 53.7 Å².